The molecule has 108 valence electrons. The van der Waals surface area contributed by atoms with Gasteiger partial charge in [-0.05, 0) is 37.0 Å². The third-order valence-corrected chi connectivity index (χ3v) is 4.60. The minimum atomic E-state index is -0.0708. The maximum Gasteiger partial charge on any atom is 0.251 e. The molecule has 1 aliphatic heterocycles. The molecule has 1 aliphatic carbocycles. The van der Waals surface area contributed by atoms with Crippen LogP contribution in [0, 0.1) is 5.92 Å². The summed E-state index contributed by atoms with van der Waals surface area (Å²) in [6.45, 7) is 0.996. The summed E-state index contributed by atoms with van der Waals surface area (Å²) in [5, 5.41) is 7.39. The molecule has 2 aliphatic rings. The molecule has 5 nitrogen and oxygen atoms in total. The number of aldehydes is 1. The first-order valence-electron chi connectivity index (χ1n) is 7.26. The quantitative estimate of drug-likeness (QED) is 0.842. The molecule has 4 rings (SSSR count). The number of nitrogens with one attached hydrogen (secondary N) is 2. The Labute approximate surface area is 121 Å². The maximum atomic E-state index is 12.4. The fraction of sp³-hybridized carbons (Fsp3) is 0.375. The Hall–Kier alpha value is -2.14. The maximum absolute atomic E-state index is 12.4. The number of carbonyl (C=O) groups is 2. The molecule has 2 heterocycles. The van der Waals surface area contributed by atoms with E-state index in [-0.39, 0.29) is 17.7 Å². The molecular weight excluding hydrogens is 268 g/mol. The Morgan fingerprint density at radius 2 is 2.24 bits per heavy atom. The van der Waals surface area contributed by atoms with Crippen molar-refractivity contribution in [2.24, 2.45) is 5.92 Å². The van der Waals surface area contributed by atoms with Crippen LogP contribution in [0.15, 0.2) is 28.7 Å². The number of hydrogen-bond acceptors (Lipinski definition) is 4. The minimum absolute atomic E-state index is 0.0708. The Bertz CT molecular complexity index is 721. The van der Waals surface area contributed by atoms with E-state index in [1.165, 1.54) is 0 Å². The fourth-order valence-corrected chi connectivity index (χ4v) is 3.51. The lowest BCUT2D eigenvalue weighted by Crippen LogP contribution is -2.44. The van der Waals surface area contributed by atoms with Crippen LogP contribution in [0.1, 0.15) is 33.8 Å². The van der Waals surface area contributed by atoms with Crippen LogP contribution in [0.3, 0.4) is 0 Å². The summed E-state index contributed by atoms with van der Waals surface area (Å²) in [5.74, 6) is 0.758. The molecule has 2 aromatic rings. The van der Waals surface area contributed by atoms with Gasteiger partial charge in [0.25, 0.3) is 5.91 Å². The summed E-state index contributed by atoms with van der Waals surface area (Å²) in [6, 6.07) is 7.77. The lowest BCUT2D eigenvalue weighted by Gasteiger charge is -2.23. The lowest BCUT2D eigenvalue weighted by atomic mass is 10.0. The molecule has 1 aromatic heterocycles. The zero-order chi connectivity index (χ0) is 14.4. The van der Waals surface area contributed by atoms with Gasteiger partial charge in [-0.3, -0.25) is 9.59 Å². The number of benzene rings is 1. The molecule has 3 unspecified atom stereocenters. The first-order valence-corrected chi connectivity index (χ1v) is 7.26. The van der Waals surface area contributed by atoms with Gasteiger partial charge in [0.2, 0.25) is 0 Å². The summed E-state index contributed by atoms with van der Waals surface area (Å²) in [4.78, 5) is 23.1. The molecular formula is C16H16N2O3. The number of furan rings is 1. The van der Waals surface area contributed by atoms with Gasteiger partial charge in [-0.2, -0.15) is 0 Å². The van der Waals surface area contributed by atoms with Crippen LogP contribution in [0.5, 0.6) is 0 Å². The molecule has 21 heavy (non-hydrogen) atoms. The van der Waals surface area contributed by atoms with Gasteiger partial charge in [0.05, 0.1) is 0 Å². The Kier molecular flexibility index (Phi) is 2.82. The SMILES string of the molecule is O=Cc1cc2ccc(C(=O)NC3CC4CC3CN4)cc2o1. The molecule has 2 N–H and O–H groups in total. The van der Waals surface area contributed by atoms with Crippen molar-refractivity contribution < 1.29 is 14.0 Å². The van der Waals surface area contributed by atoms with Gasteiger partial charge >= 0.3 is 0 Å². The van der Waals surface area contributed by atoms with Crippen LogP contribution < -0.4 is 10.6 Å². The second kappa shape index (κ2) is 4.70. The van der Waals surface area contributed by atoms with Crippen molar-refractivity contribution in [1.82, 2.24) is 10.6 Å². The summed E-state index contributed by atoms with van der Waals surface area (Å²) in [7, 11) is 0. The number of carbonyl (C=O) groups excluding carboxylic acids is 2. The van der Waals surface area contributed by atoms with Crippen LogP contribution >= 0.6 is 0 Å². The lowest BCUT2D eigenvalue weighted by molar-refractivity contribution is 0.0925. The normalized spacial score (nSPS) is 27.1. The van der Waals surface area contributed by atoms with E-state index in [9.17, 15) is 9.59 Å². The van der Waals surface area contributed by atoms with Gasteiger partial charge in [-0.1, -0.05) is 6.07 Å². The Morgan fingerprint density at radius 1 is 1.33 bits per heavy atom. The molecule has 2 fully saturated rings. The van der Waals surface area contributed by atoms with Gasteiger partial charge in [-0.15, -0.1) is 0 Å². The molecule has 1 saturated carbocycles. The van der Waals surface area contributed by atoms with E-state index < -0.39 is 0 Å². The van der Waals surface area contributed by atoms with Crippen LogP contribution in [-0.2, 0) is 0 Å². The average molecular weight is 284 g/mol. The van der Waals surface area contributed by atoms with Crippen molar-refractivity contribution >= 4 is 23.2 Å². The van der Waals surface area contributed by atoms with Gasteiger partial charge in [0, 0.05) is 29.6 Å². The largest absolute Gasteiger partial charge is 0.453 e. The Morgan fingerprint density at radius 3 is 2.95 bits per heavy atom. The highest BCUT2D eigenvalue weighted by molar-refractivity contribution is 5.98. The van der Waals surface area contributed by atoms with Crippen molar-refractivity contribution in [2.75, 3.05) is 6.54 Å². The molecule has 1 amide bonds. The van der Waals surface area contributed by atoms with Crippen molar-refractivity contribution in [3.63, 3.8) is 0 Å². The molecule has 1 aromatic carbocycles. The van der Waals surface area contributed by atoms with Gasteiger partial charge < -0.3 is 15.1 Å². The van der Waals surface area contributed by atoms with E-state index in [1.807, 2.05) is 6.07 Å². The zero-order valence-electron chi connectivity index (χ0n) is 11.5. The van der Waals surface area contributed by atoms with Crippen molar-refractivity contribution in [2.45, 2.75) is 24.9 Å². The highest BCUT2D eigenvalue weighted by Gasteiger charge is 2.40. The summed E-state index contributed by atoms with van der Waals surface area (Å²) in [5.41, 5.74) is 1.14. The summed E-state index contributed by atoms with van der Waals surface area (Å²) < 4.78 is 5.37. The monoisotopic (exact) mass is 284 g/mol. The van der Waals surface area contributed by atoms with E-state index in [0.29, 0.717) is 29.4 Å². The number of rotatable bonds is 3. The second-order valence-electron chi connectivity index (χ2n) is 5.94. The highest BCUT2D eigenvalue weighted by Crippen LogP contribution is 2.31. The fourth-order valence-electron chi connectivity index (χ4n) is 3.51. The predicted molar refractivity (Wildman–Crippen MR) is 77.4 cm³/mol. The number of piperidine rings is 1. The van der Waals surface area contributed by atoms with E-state index in [2.05, 4.69) is 10.6 Å². The minimum Gasteiger partial charge on any atom is -0.453 e. The topological polar surface area (TPSA) is 71.3 Å². The molecule has 5 heteroatoms. The third kappa shape index (κ3) is 2.14. The standard InChI is InChI=1S/C16H16N2O3/c19-8-13-4-9-1-2-10(5-15(9)21-13)16(20)18-14-6-12-3-11(14)7-17-12/h1-2,4-5,8,11-12,14,17H,3,6-7H2,(H,18,20). The first kappa shape index (κ1) is 12.6. The van der Waals surface area contributed by atoms with E-state index in [4.69, 9.17) is 4.42 Å². The van der Waals surface area contributed by atoms with Crippen LogP contribution in [0.4, 0.5) is 0 Å². The van der Waals surface area contributed by atoms with E-state index >= 15 is 0 Å². The third-order valence-electron chi connectivity index (χ3n) is 4.60. The average Bonchev–Trinajstić information content (AvgIpc) is 3.20. The van der Waals surface area contributed by atoms with Crippen LogP contribution in [0.25, 0.3) is 11.0 Å². The molecule has 2 bridgehead atoms. The molecule has 3 atom stereocenters. The number of fused-ring (bicyclic) bond motifs is 3. The smallest absolute Gasteiger partial charge is 0.251 e. The van der Waals surface area contributed by atoms with Crippen LogP contribution in [0.2, 0.25) is 0 Å². The van der Waals surface area contributed by atoms with E-state index in [0.717, 1.165) is 24.8 Å². The second-order valence-corrected chi connectivity index (χ2v) is 5.94. The molecule has 0 radical (unpaired) electrons. The van der Waals surface area contributed by atoms with Crippen molar-refractivity contribution in [3.8, 4) is 0 Å². The van der Waals surface area contributed by atoms with E-state index in [1.54, 1.807) is 18.2 Å². The summed E-state index contributed by atoms with van der Waals surface area (Å²) >= 11 is 0. The van der Waals surface area contributed by atoms with Gasteiger partial charge in [0.15, 0.2) is 12.0 Å². The van der Waals surface area contributed by atoms with Crippen molar-refractivity contribution in [3.05, 3.63) is 35.6 Å². The van der Waals surface area contributed by atoms with Gasteiger partial charge in [-0.25, -0.2) is 0 Å². The highest BCUT2D eigenvalue weighted by atomic mass is 16.3. The molecule has 0 spiro atoms. The molecule has 1 saturated heterocycles. The number of hydrogen-bond donors (Lipinski definition) is 2. The summed E-state index contributed by atoms with van der Waals surface area (Å²) in [6.07, 6.45) is 2.83. The zero-order valence-corrected chi connectivity index (χ0v) is 11.5. The van der Waals surface area contributed by atoms with Crippen LogP contribution in [-0.4, -0.2) is 30.8 Å². The predicted octanol–water partition coefficient (Wildman–Crippen LogP) is 1.73. The van der Waals surface area contributed by atoms with Gasteiger partial charge in [0.1, 0.15) is 5.58 Å². The Balaban J connectivity index is 1.54. The van der Waals surface area contributed by atoms with Crippen molar-refractivity contribution in [1.29, 1.82) is 0 Å². The number of amides is 1. The first-order chi connectivity index (χ1) is 10.2.